The molecule has 1 aliphatic heterocycles. The van der Waals surface area contributed by atoms with Gasteiger partial charge in [0.25, 0.3) is 11.8 Å². The molecular weight excluding hydrogens is 526 g/mol. The van der Waals surface area contributed by atoms with Crippen molar-refractivity contribution < 1.29 is 14.4 Å². The summed E-state index contributed by atoms with van der Waals surface area (Å²) in [7, 11) is 0. The maximum Gasteiger partial charge on any atom is 0.317 e. The molecule has 5 fully saturated rings. The summed E-state index contributed by atoms with van der Waals surface area (Å²) in [6.07, 6.45) is 9.15. The van der Waals surface area contributed by atoms with Crippen molar-refractivity contribution in [3.63, 3.8) is 0 Å². The summed E-state index contributed by atoms with van der Waals surface area (Å²) >= 11 is 0. The number of rotatable bonds is 6. The first-order valence-corrected chi connectivity index (χ1v) is 15.7. The summed E-state index contributed by atoms with van der Waals surface area (Å²) in [6, 6.07) is 12.7. The van der Waals surface area contributed by atoms with Crippen molar-refractivity contribution in [2.24, 2.45) is 23.5 Å². The van der Waals surface area contributed by atoms with Gasteiger partial charge in [-0.05, 0) is 110 Å². The number of piperidine rings is 1. The van der Waals surface area contributed by atoms with Gasteiger partial charge in [-0.15, -0.1) is 0 Å². The molecular formula is C34H45N5O3. The largest absolute Gasteiger partial charge is 0.380 e. The first-order chi connectivity index (χ1) is 20.0. The second-order valence-electron chi connectivity index (χ2n) is 14.5. The highest BCUT2D eigenvalue weighted by molar-refractivity contribution is 6.05. The zero-order valence-corrected chi connectivity index (χ0v) is 25.2. The van der Waals surface area contributed by atoms with Crippen molar-refractivity contribution in [2.75, 3.05) is 23.7 Å². The number of hydrogen-bond donors (Lipinski definition) is 4. The van der Waals surface area contributed by atoms with Crippen molar-refractivity contribution in [1.82, 2.24) is 10.2 Å². The van der Waals surface area contributed by atoms with Gasteiger partial charge in [-0.25, -0.2) is 4.79 Å². The summed E-state index contributed by atoms with van der Waals surface area (Å²) in [4.78, 5) is 40.7. The minimum atomic E-state index is -0.541. The third kappa shape index (κ3) is 5.99. The Morgan fingerprint density at radius 2 is 1.57 bits per heavy atom. The highest BCUT2D eigenvalue weighted by Gasteiger charge is 2.52. The van der Waals surface area contributed by atoms with Gasteiger partial charge in [0.05, 0.1) is 5.56 Å². The molecule has 1 saturated heterocycles. The first kappa shape index (κ1) is 28.6. The number of carbonyl (C=O) groups is 3. The van der Waals surface area contributed by atoms with Gasteiger partial charge in [0.1, 0.15) is 0 Å². The molecule has 8 nitrogen and oxygen atoms in total. The molecule has 8 heteroatoms. The van der Waals surface area contributed by atoms with Crippen LogP contribution in [0.25, 0.3) is 0 Å². The SMILES string of the molecule is CC(C)(C)c1ccc(C(=O)Nc2ccc(C(N)=O)c(NC3CCCN(C(=O)NC45CC6CC(CC(C6)C4)C5)C3)c2)cc1. The van der Waals surface area contributed by atoms with Crippen LogP contribution in [-0.4, -0.2) is 47.4 Å². The molecule has 0 radical (unpaired) electrons. The fourth-order valence-electron chi connectivity index (χ4n) is 8.35. The lowest BCUT2D eigenvalue weighted by atomic mass is 9.53. The van der Waals surface area contributed by atoms with Crippen LogP contribution >= 0.6 is 0 Å². The highest BCUT2D eigenvalue weighted by Crippen LogP contribution is 2.55. The zero-order valence-electron chi connectivity index (χ0n) is 25.2. The lowest BCUT2D eigenvalue weighted by molar-refractivity contribution is -0.0160. The molecule has 5 N–H and O–H groups in total. The Morgan fingerprint density at radius 1 is 0.929 bits per heavy atom. The van der Waals surface area contributed by atoms with Crippen LogP contribution < -0.4 is 21.7 Å². The van der Waals surface area contributed by atoms with E-state index in [0.29, 0.717) is 29.0 Å². The van der Waals surface area contributed by atoms with Gasteiger partial charge in [-0.3, -0.25) is 9.59 Å². The monoisotopic (exact) mass is 571 g/mol. The van der Waals surface area contributed by atoms with E-state index < -0.39 is 5.91 Å². The number of amides is 4. The minimum absolute atomic E-state index is 0.00433. The van der Waals surface area contributed by atoms with E-state index in [-0.39, 0.29) is 28.9 Å². The lowest BCUT2D eigenvalue weighted by Crippen LogP contribution is -2.62. The van der Waals surface area contributed by atoms with Crippen molar-refractivity contribution in [1.29, 1.82) is 0 Å². The molecule has 0 aromatic heterocycles. The number of primary amides is 1. The van der Waals surface area contributed by atoms with Crippen LogP contribution in [0.2, 0.25) is 0 Å². The molecule has 5 aliphatic rings. The van der Waals surface area contributed by atoms with E-state index in [0.717, 1.165) is 62.0 Å². The maximum absolute atomic E-state index is 13.5. The van der Waals surface area contributed by atoms with Crippen molar-refractivity contribution in [3.8, 4) is 0 Å². The van der Waals surface area contributed by atoms with Crippen LogP contribution in [0.15, 0.2) is 42.5 Å². The van der Waals surface area contributed by atoms with Crippen molar-refractivity contribution >= 4 is 29.2 Å². The lowest BCUT2D eigenvalue weighted by Gasteiger charge is -2.57. The molecule has 4 saturated carbocycles. The molecule has 2 aromatic carbocycles. The summed E-state index contributed by atoms with van der Waals surface area (Å²) in [6.45, 7) is 7.69. The van der Waals surface area contributed by atoms with E-state index in [1.807, 2.05) is 29.2 Å². The third-order valence-corrected chi connectivity index (χ3v) is 10.0. The number of carbonyl (C=O) groups excluding carboxylic acids is 3. The molecule has 1 unspecified atom stereocenters. The van der Waals surface area contributed by atoms with Gasteiger partial charge in [-0.2, -0.15) is 0 Å². The standard InChI is InChI=1S/C34H45N5O3/c1-33(2,3)25-8-6-24(7-9-25)31(41)37-26-10-11-28(30(35)40)29(16-26)36-27-5-4-12-39(20-27)32(42)38-34-17-21-13-22(18-34)15-23(14-21)19-34/h6-11,16,21-23,27,36H,4-5,12-15,17-20H2,1-3H3,(H2,35,40)(H,37,41)(H,38,42). The number of benzene rings is 2. The van der Waals surface area contributed by atoms with Crippen LogP contribution in [0, 0.1) is 17.8 Å². The topological polar surface area (TPSA) is 117 Å². The number of nitrogens with two attached hydrogens (primary N) is 1. The Morgan fingerprint density at radius 3 is 2.17 bits per heavy atom. The number of anilines is 2. The Bertz CT molecular complexity index is 1330. The van der Waals surface area contributed by atoms with E-state index in [4.69, 9.17) is 5.73 Å². The van der Waals surface area contributed by atoms with Crippen molar-refractivity contribution in [3.05, 3.63) is 59.2 Å². The van der Waals surface area contributed by atoms with Crippen LogP contribution in [0.5, 0.6) is 0 Å². The number of nitrogens with zero attached hydrogens (tertiary/aromatic N) is 1. The van der Waals surface area contributed by atoms with E-state index in [9.17, 15) is 14.4 Å². The number of likely N-dealkylation sites (tertiary alicyclic amines) is 1. The molecule has 1 heterocycles. The van der Waals surface area contributed by atoms with Gasteiger partial charge in [0.15, 0.2) is 0 Å². The van der Waals surface area contributed by atoms with E-state index in [1.54, 1.807) is 18.2 Å². The molecule has 42 heavy (non-hydrogen) atoms. The predicted octanol–water partition coefficient (Wildman–Crippen LogP) is 5.89. The number of nitrogens with one attached hydrogen (secondary N) is 3. The van der Waals surface area contributed by atoms with E-state index in [2.05, 4.69) is 36.7 Å². The van der Waals surface area contributed by atoms with Gasteiger partial charge in [-0.1, -0.05) is 32.9 Å². The molecule has 4 bridgehead atoms. The summed E-state index contributed by atoms with van der Waals surface area (Å²) < 4.78 is 0. The van der Waals surface area contributed by atoms with Gasteiger partial charge < -0.3 is 26.6 Å². The Balaban J connectivity index is 1.11. The maximum atomic E-state index is 13.5. The smallest absolute Gasteiger partial charge is 0.317 e. The van der Waals surface area contributed by atoms with Crippen LogP contribution in [-0.2, 0) is 5.41 Å². The molecule has 4 amide bonds. The number of hydrogen-bond acceptors (Lipinski definition) is 4. The summed E-state index contributed by atoms with van der Waals surface area (Å²) in [5, 5.41) is 9.94. The average molecular weight is 572 g/mol. The second-order valence-corrected chi connectivity index (χ2v) is 14.5. The first-order valence-electron chi connectivity index (χ1n) is 15.7. The molecule has 1 atom stereocenters. The number of urea groups is 1. The van der Waals surface area contributed by atoms with E-state index >= 15 is 0 Å². The Kier molecular flexibility index (Phi) is 7.44. The van der Waals surface area contributed by atoms with Crippen LogP contribution in [0.4, 0.5) is 16.2 Å². The minimum Gasteiger partial charge on any atom is -0.380 e. The highest BCUT2D eigenvalue weighted by atomic mass is 16.2. The molecule has 224 valence electrons. The zero-order chi connectivity index (χ0) is 29.6. The van der Waals surface area contributed by atoms with Crippen LogP contribution in [0.3, 0.4) is 0 Å². The van der Waals surface area contributed by atoms with Crippen LogP contribution in [0.1, 0.15) is 98.4 Å². The third-order valence-electron chi connectivity index (χ3n) is 10.0. The quantitative estimate of drug-likeness (QED) is 0.346. The Hall–Kier alpha value is -3.55. The molecule has 2 aromatic rings. The van der Waals surface area contributed by atoms with Crippen molar-refractivity contribution in [2.45, 2.75) is 89.1 Å². The normalized spacial score (nSPS) is 28.3. The second kappa shape index (κ2) is 10.9. The molecule has 7 rings (SSSR count). The Labute approximate surface area is 249 Å². The van der Waals surface area contributed by atoms with Gasteiger partial charge in [0, 0.05) is 41.6 Å². The fourth-order valence-corrected chi connectivity index (χ4v) is 8.35. The summed E-state index contributed by atoms with van der Waals surface area (Å²) in [5.74, 6) is 1.55. The fraction of sp³-hybridized carbons (Fsp3) is 0.559. The molecule has 0 spiro atoms. The van der Waals surface area contributed by atoms with E-state index in [1.165, 1.54) is 19.3 Å². The van der Waals surface area contributed by atoms with Gasteiger partial charge >= 0.3 is 6.03 Å². The molecule has 4 aliphatic carbocycles. The predicted molar refractivity (Wildman–Crippen MR) is 166 cm³/mol. The van der Waals surface area contributed by atoms with Gasteiger partial charge in [0.2, 0.25) is 0 Å². The summed E-state index contributed by atoms with van der Waals surface area (Å²) in [5.41, 5.74) is 8.90. The average Bonchev–Trinajstić information content (AvgIpc) is 2.92.